The van der Waals surface area contributed by atoms with Crippen LogP contribution < -0.4 is 10.2 Å². The van der Waals surface area contributed by atoms with Gasteiger partial charge in [0.1, 0.15) is 11.7 Å². The molecular weight excluding hydrogens is 750 g/mol. The van der Waals surface area contributed by atoms with Crippen LogP contribution in [-0.4, -0.2) is 83.6 Å². The molecule has 4 heterocycles. The molecule has 1 aromatic carbocycles. The van der Waals surface area contributed by atoms with Crippen molar-refractivity contribution in [3.63, 3.8) is 0 Å². The summed E-state index contributed by atoms with van der Waals surface area (Å²) in [5.41, 5.74) is 3.37. The summed E-state index contributed by atoms with van der Waals surface area (Å²) >= 11 is 0. The van der Waals surface area contributed by atoms with Crippen molar-refractivity contribution in [3.05, 3.63) is 47.4 Å². The van der Waals surface area contributed by atoms with Gasteiger partial charge in [-0.25, -0.2) is 14.8 Å². The summed E-state index contributed by atoms with van der Waals surface area (Å²) < 4.78 is 53.5. The molecule has 5 rings (SSSR count). The third kappa shape index (κ3) is 10.9. The van der Waals surface area contributed by atoms with Gasteiger partial charge in [-0.15, -0.1) is 0 Å². The number of hydrogen-bond donors (Lipinski definition) is 1. The number of hydrogen-bond acceptors (Lipinski definition) is 9. The van der Waals surface area contributed by atoms with Crippen LogP contribution >= 0.6 is 0 Å². The minimum atomic E-state index is -4.19. The Morgan fingerprint density at radius 3 is 2.40 bits per heavy atom. The van der Waals surface area contributed by atoms with E-state index in [-0.39, 0.29) is 17.5 Å². The molecule has 11 nitrogen and oxygen atoms in total. The third-order valence-corrected chi connectivity index (χ3v) is 16.0. The lowest BCUT2D eigenvalue weighted by molar-refractivity contribution is -0.148. The molecule has 1 amide bonds. The first-order chi connectivity index (χ1) is 26.4. The molecular formula is C42H61F3N8O3Si. The summed E-state index contributed by atoms with van der Waals surface area (Å²) in [6.45, 7) is 24.1. The molecule has 2 aromatic heterocycles. The maximum absolute atomic E-state index is 13.7. The summed E-state index contributed by atoms with van der Waals surface area (Å²) in [7, 11) is -2.19. The lowest BCUT2D eigenvalue weighted by Crippen LogP contribution is -2.46. The minimum absolute atomic E-state index is 0.0255. The van der Waals surface area contributed by atoms with E-state index < -0.39 is 38.1 Å². The van der Waals surface area contributed by atoms with Crippen molar-refractivity contribution in [2.75, 3.05) is 43.0 Å². The molecule has 3 aromatic rings. The molecule has 0 saturated carbocycles. The number of aromatic nitrogens is 4. The number of carbonyl (C=O) groups excluding carboxylic acids is 1. The smallest absolute Gasteiger partial charge is 0.414 e. The molecule has 15 heteroatoms. The van der Waals surface area contributed by atoms with Crippen LogP contribution in [0, 0.1) is 23.2 Å². The van der Waals surface area contributed by atoms with Gasteiger partial charge in [-0.3, -0.25) is 14.5 Å². The number of anilines is 3. The number of amides is 1. The van der Waals surface area contributed by atoms with Crippen LogP contribution in [0.1, 0.15) is 98.4 Å². The summed E-state index contributed by atoms with van der Waals surface area (Å²) in [5.74, 6) is 1.03. The number of ether oxygens (including phenoxy) is 1. The van der Waals surface area contributed by atoms with E-state index in [1.807, 2.05) is 31.5 Å². The Morgan fingerprint density at radius 1 is 1.12 bits per heavy atom. The fraction of sp³-hybridized carbons (Fsp3) is 0.643. The third-order valence-electron chi connectivity index (χ3n) is 11.5. The zero-order valence-corrected chi connectivity index (χ0v) is 36.6. The normalized spacial score (nSPS) is 18.5. The number of piperidine rings is 1. The van der Waals surface area contributed by atoms with Crippen molar-refractivity contribution in [2.24, 2.45) is 11.8 Å². The summed E-state index contributed by atoms with van der Waals surface area (Å²) in [4.78, 5) is 26.2. The van der Waals surface area contributed by atoms with Gasteiger partial charge >= 0.3 is 12.3 Å². The molecule has 0 unspecified atom stereocenters. The molecule has 1 fully saturated rings. The van der Waals surface area contributed by atoms with E-state index in [4.69, 9.17) is 19.2 Å². The van der Waals surface area contributed by atoms with Gasteiger partial charge in [0, 0.05) is 36.9 Å². The second-order valence-corrected chi connectivity index (χ2v) is 23.9. The maximum atomic E-state index is 13.7. The molecule has 2 aliphatic rings. The number of nitriles is 1. The van der Waals surface area contributed by atoms with Crippen molar-refractivity contribution in [1.82, 2.24) is 24.6 Å². The van der Waals surface area contributed by atoms with Gasteiger partial charge in [0.25, 0.3) is 0 Å². The first-order valence-electron chi connectivity index (χ1n) is 20.1. The largest absolute Gasteiger partial charge is 0.443 e. The van der Waals surface area contributed by atoms with Gasteiger partial charge in [-0.1, -0.05) is 41.5 Å². The van der Waals surface area contributed by atoms with Crippen LogP contribution in [0.5, 0.6) is 0 Å². The molecule has 312 valence electrons. The van der Waals surface area contributed by atoms with Gasteiger partial charge in [-0.2, -0.15) is 23.5 Å². The number of carbonyl (C=O) groups is 1. The lowest BCUT2D eigenvalue weighted by Gasteiger charge is -2.39. The molecule has 57 heavy (non-hydrogen) atoms. The highest BCUT2D eigenvalue weighted by Crippen LogP contribution is 2.47. The van der Waals surface area contributed by atoms with E-state index in [0.29, 0.717) is 73.5 Å². The fourth-order valence-corrected chi connectivity index (χ4v) is 8.28. The molecule has 1 atom stereocenters. The summed E-state index contributed by atoms with van der Waals surface area (Å²) in [6, 6.07) is 7.91. The standard InChI is InChI=1S/C42H61F3N8O3Si/c1-28(2)12-13-35-34(23-48-53(35)24-29-15-18-51(19-16-29)26-42(43,44)45)50-37-47-17-14-33(49-37)30-20-31(22-46)36-32(21-30)41(9,27-55-57(10,11)40(6,7)8)25-52(36)38(54)56-39(3,4)5/h14,17,20-21,23,28-29H,12-13,15-16,18-19,24-27H2,1-11H3,(H,47,49,50)/t41-/m1/s1. The topological polar surface area (TPSA) is 121 Å². The number of nitrogens with zero attached hydrogens (tertiary/aromatic N) is 7. The van der Waals surface area contributed by atoms with Crippen LogP contribution in [-0.2, 0) is 27.5 Å². The molecule has 1 saturated heterocycles. The highest BCUT2D eigenvalue weighted by Gasteiger charge is 2.47. The van der Waals surface area contributed by atoms with E-state index in [1.165, 1.54) is 4.90 Å². The predicted molar refractivity (Wildman–Crippen MR) is 220 cm³/mol. The molecule has 0 bridgehead atoms. The van der Waals surface area contributed by atoms with Crippen molar-refractivity contribution < 1.29 is 27.1 Å². The maximum Gasteiger partial charge on any atom is 0.414 e. The molecule has 0 spiro atoms. The van der Waals surface area contributed by atoms with Crippen LogP contribution in [0.2, 0.25) is 18.1 Å². The fourth-order valence-electron chi connectivity index (χ4n) is 7.17. The van der Waals surface area contributed by atoms with Gasteiger partial charge in [0.15, 0.2) is 8.32 Å². The predicted octanol–water partition coefficient (Wildman–Crippen LogP) is 9.85. The molecule has 0 radical (unpaired) electrons. The minimum Gasteiger partial charge on any atom is -0.443 e. The first-order valence-corrected chi connectivity index (χ1v) is 23.0. The second-order valence-electron chi connectivity index (χ2n) is 19.1. The van der Waals surface area contributed by atoms with Crippen molar-refractivity contribution in [3.8, 4) is 17.3 Å². The molecule has 2 aliphatic heterocycles. The Hall–Kier alpha value is -4.00. The Labute approximate surface area is 337 Å². The summed E-state index contributed by atoms with van der Waals surface area (Å²) in [6.07, 6.45) is 1.77. The molecule has 0 aliphatic carbocycles. The van der Waals surface area contributed by atoms with E-state index in [1.54, 1.807) is 29.4 Å². The number of alkyl halides is 3. The Bertz CT molecular complexity index is 1940. The van der Waals surface area contributed by atoms with E-state index in [2.05, 4.69) is 71.0 Å². The second kappa shape index (κ2) is 16.7. The quantitative estimate of drug-likeness (QED) is 0.178. The van der Waals surface area contributed by atoms with E-state index >= 15 is 0 Å². The van der Waals surface area contributed by atoms with Crippen molar-refractivity contribution in [1.29, 1.82) is 5.26 Å². The number of halogens is 3. The van der Waals surface area contributed by atoms with Crippen LogP contribution in [0.4, 0.5) is 35.3 Å². The van der Waals surface area contributed by atoms with Crippen molar-refractivity contribution in [2.45, 2.75) is 130 Å². The zero-order chi connectivity index (χ0) is 42.1. The van der Waals surface area contributed by atoms with Gasteiger partial charge < -0.3 is 14.5 Å². The SMILES string of the molecule is CC(C)CCc1c(Nc2nccc(-c3cc(C#N)c4c(c3)[C@@](C)(CO[Si](C)(C)C(C)(C)C)CN4C(=O)OC(C)(C)C)n2)cnn1CC1CCN(CC(F)(F)F)CC1. The van der Waals surface area contributed by atoms with Gasteiger partial charge in [0.05, 0.1) is 41.1 Å². The van der Waals surface area contributed by atoms with Crippen LogP contribution in [0.3, 0.4) is 0 Å². The van der Waals surface area contributed by atoms with Crippen LogP contribution in [0.25, 0.3) is 11.3 Å². The highest BCUT2D eigenvalue weighted by atomic mass is 28.4. The van der Waals surface area contributed by atoms with Crippen LogP contribution in [0.15, 0.2) is 30.6 Å². The number of benzene rings is 1. The van der Waals surface area contributed by atoms with Gasteiger partial charge in [-0.05, 0) is 113 Å². The average molecular weight is 811 g/mol. The number of nitrogens with one attached hydrogen (secondary N) is 1. The van der Waals surface area contributed by atoms with E-state index in [9.17, 15) is 23.2 Å². The summed E-state index contributed by atoms with van der Waals surface area (Å²) in [5, 5.41) is 18.6. The number of rotatable bonds is 12. The average Bonchev–Trinajstić information content (AvgIpc) is 3.62. The Morgan fingerprint density at radius 2 is 1.81 bits per heavy atom. The monoisotopic (exact) mass is 810 g/mol. The zero-order valence-electron chi connectivity index (χ0n) is 35.6. The number of fused-ring (bicyclic) bond motifs is 1. The number of likely N-dealkylation sites (tertiary alicyclic amines) is 1. The Balaban J connectivity index is 1.45. The Kier molecular flexibility index (Phi) is 12.9. The highest BCUT2D eigenvalue weighted by molar-refractivity contribution is 6.74. The first kappa shape index (κ1) is 44.1. The van der Waals surface area contributed by atoms with Crippen molar-refractivity contribution >= 4 is 31.7 Å². The lowest BCUT2D eigenvalue weighted by atomic mass is 9.83. The molecule has 1 N–H and O–H groups in total. The van der Waals surface area contributed by atoms with Gasteiger partial charge in [0.2, 0.25) is 5.95 Å². The van der Waals surface area contributed by atoms with E-state index in [0.717, 1.165) is 29.8 Å².